The number of aromatic nitrogens is 2. The van der Waals surface area contributed by atoms with Crippen LogP contribution in [0.2, 0.25) is 0 Å². The van der Waals surface area contributed by atoms with E-state index in [0.29, 0.717) is 5.75 Å². The third-order valence-electron chi connectivity index (χ3n) is 2.78. The lowest BCUT2D eigenvalue weighted by molar-refractivity contribution is 0.475. The Morgan fingerprint density at radius 3 is 2.71 bits per heavy atom. The van der Waals surface area contributed by atoms with Crippen molar-refractivity contribution in [1.82, 2.24) is 15.5 Å². The fourth-order valence-electron chi connectivity index (χ4n) is 1.67. The molecule has 4 nitrogen and oxygen atoms in total. The molecule has 4 heteroatoms. The Bertz CT molecular complexity index is 462. The number of nitrogens with zero attached hydrogens (tertiary/aromatic N) is 1. The summed E-state index contributed by atoms with van der Waals surface area (Å²) < 4.78 is 0. The van der Waals surface area contributed by atoms with Gasteiger partial charge in [-0.25, -0.2) is 0 Å². The van der Waals surface area contributed by atoms with Crippen LogP contribution in [0.5, 0.6) is 5.75 Å². The van der Waals surface area contributed by atoms with Gasteiger partial charge < -0.3 is 10.4 Å². The minimum Gasteiger partial charge on any atom is -0.508 e. The monoisotopic (exact) mass is 231 g/mol. The largest absolute Gasteiger partial charge is 0.508 e. The average Bonchev–Trinajstić information content (AvgIpc) is 2.73. The number of rotatable bonds is 5. The van der Waals surface area contributed by atoms with Crippen LogP contribution >= 0.6 is 0 Å². The SMILES string of the molecule is Cc1[nH]ncc1CNCCc1ccc(O)cc1. The molecule has 0 saturated heterocycles. The van der Waals surface area contributed by atoms with Gasteiger partial charge in [0.1, 0.15) is 5.75 Å². The minimum atomic E-state index is 0.315. The standard InChI is InChI=1S/C13H17N3O/c1-10-12(9-15-16-10)8-14-7-6-11-2-4-13(17)5-3-11/h2-5,9,14,17H,6-8H2,1H3,(H,15,16). The van der Waals surface area contributed by atoms with Crippen LogP contribution in [0, 0.1) is 6.92 Å². The maximum Gasteiger partial charge on any atom is 0.115 e. The number of hydrogen-bond donors (Lipinski definition) is 3. The molecular formula is C13H17N3O. The summed E-state index contributed by atoms with van der Waals surface area (Å²) in [5, 5.41) is 19.4. The van der Waals surface area contributed by atoms with E-state index in [-0.39, 0.29) is 0 Å². The second kappa shape index (κ2) is 5.50. The second-order valence-corrected chi connectivity index (χ2v) is 4.11. The molecule has 3 N–H and O–H groups in total. The van der Waals surface area contributed by atoms with E-state index in [2.05, 4.69) is 15.5 Å². The van der Waals surface area contributed by atoms with Crippen molar-refractivity contribution in [3.63, 3.8) is 0 Å². The molecule has 0 unspecified atom stereocenters. The number of H-pyrrole nitrogens is 1. The van der Waals surface area contributed by atoms with E-state index in [1.165, 1.54) is 11.1 Å². The van der Waals surface area contributed by atoms with Crippen molar-refractivity contribution in [2.45, 2.75) is 19.9 Å². The van der Waals surface area contributed by atoms with Crippen LogP contribution in [0.15, 0.2) is 30.5 Å². The van der Waals surface area contributed by atoms with E-state index in [0.717, 1.165) is 25.2 Å². The average molecular weight is 231 g/mol. The molecule has 0 fully saturated rings. The highest BCUT2D eigenvalue weighted by atomic mass is 16.3. The Hall–Kier alpha value is -1.81. The molecule has 0 amide bonds. The molecule has 1 heterocycles. The summed E-state index contributed by atoms with van der Waals surface area (Å²) in [6.07, 6.45) is 2.81. The van der Waals surface area contributed by atoms with Gasteiger partial charge in [-0.1, -0.05) is 12.1 Å². The van der Waals surface area contributed by atoms with Crippen LogP contribution in [0.1, 0.15) is 16.8 Å². The predicted molar refractivity (Wildman–Crippen MR) is 66.8 cm³/mol. The first-order valence-corrected chi connectivity index (χ1v) is 5.73. The zero-order chi connectivity index (χ0) is 12.1. The van der Waals surface area contributed by atoms with Gasteiger partial charge in [0, 0.05) is 17.8 Å². The van der Waals surface area contributed by atoms with Gasteiger partial charge in [0.05, 0.1) is 6.20 Å². The van der Waals surface area contributed by atoms with Crippen molar-refractivity contribution in [2.75, 3.05) is 6.54 Å². The molecule has 90 valence electrons. The molecular weight excluding hydrogens is 214 g/mol. The van der Waals surface area contributed by atoms with E-state index in [4.69, 9.17) is 5.11 Å². The number of hydrogen-bond acceptors (Lipinski definition) is 3. The molecule has 1 aromatic heterocycles. The first-order valence-electron chi connectivity index (χ1n) is 5.73. The highest BCUT2D eigenvalue weighted by Crippen LogP contribution is 2.09. The second-order valence-electron chi connectivity index (χ2n) is 4.11. The summed E-state index contributed by atoms with van der Waals surface area (Å²) in [5.74, 6) is 0.315. The fourth-order valence-corrected chi connectivity index (χ4v) is 1.67. The zero-order valence-corrected chi connectivity index (χ0v) is 9.90. The first-order chi connectivity index (χ1) is 8.25. The zero-order valence-electron chi connectivity index (χ0n) is 9.90. The molecule has 0 aliphatic carbocycles. The van der Waals surface area contributed by atoms with Crippen molar-refractivity contribution >= 4 is 0 Å². The third kappa shape index (κ3) is 3.32. The van der Waals surface area contributed by atoms with E-state index < -0.39 is 0 Å². The summed E-state index contributed by atoms with van der Waals surface area (Å²) in [4.78, 5) is 0. The van der Waals surface area contributed by atoms with Crippen LogP contribution in [0.4, 0.5) is 0 Å². The van der Waals surface area contributed by atoms with Gasteiger partial charge in [-0.15, -0.1) is 0 Å². The summed E-state index contributed by atoms with van der Waals surface area (Å²) >= 11 is 0. The quantitative estimate of drug-likeness (QED) is 0.687. The van der Waals surface area contributed by atoms with Gasteiger partial charge >= 0.3 is 0 Å². The molecule has 0 bridgehead atoms. The fraction of sp³-hybridized carbons (Fsp3) is 0.308. The molecule has 0 radical (unpaired) electrons. The number of phenols is 1. The maximum atomic E-state index is 9.16. The van der Waals surface area contributed by atoms with Crippen LogP contribution in [-0.4, -0.2) is 21.8 Å². The van der Waals surface area contributed by atoms with E-state index in [1.807, 2.05) is 25.3 Å². The molecule has 0 atom stereocenters. The Balaban J connectivity index is 1.73. The van der Waals surface area contributed by atoms with Crippen molar-refractivity contribution in [1.29, 1.82) is 0 Å². The van der Waals surface area contributed by atoms with Gasteiger partial charge in [0.15, 0.2) is 0 Å². The Labute approximate surface area is 101 Å². The smallest absolute Gasteiger partial charge is 0.115 e. The lowest BCUT2D eigenvalue weighted by Crippen LogP contribution is -2.16. The lowest BCUT2D eigenvalue weighted by atomic mass is 10.1. The maximum absolute atomic E-state index is 9.16. The number of aromatic hydroxyl groups is 1. The van der Waals surface area contributed by atoms with Crippen molar-refractivity contribution in [3.05, 3.63) is 47.3 Å². The van der Waals surface area contributed by atoms with E-state index in [1.54, 1.807) is 12.1 Å². The van der Waals surface area contributed by atoms with E-state index in [9.17, 15) is 0 Å². The van der Waals surface area contributed by atoms with Crippen LogP contribution < -0.4 is 5.32 Å². The molecule has 0 aliphatic rings. The topological polar surface area (TPSA) is 60.9 Å². The van der Waals surface area contributed by atoms with Gasteiger partial charge in [-0.3, -0.25) is 5.10 Å². The molecule has 1 aromatic carbocycles. The molecule has 0 saturated carbocycles. The van der Waals surface area contributed by atoms with Crippen molar-refractivity contribution in [2.24, 2.45) is 0 Å². The summed E-state index contributed by atoms with van der Waals surface area (Å²) in [6, 6.07) is 7.32. The highest BCUT2D eigenvalue weighted by Gasteiger charge is 1.99. The Morgan fingerprint density at radius 2 is 2.06 bits per heavy atom. The summed E-state index contributed by atoms with van der Waals surface area (Å²) in [5.41, 5.74) is 3.54. The molecule has 2 rings (SSSR count). The number of nitrogens with one attached hydrogen (secondary N) is 2. The van der Waals surface area contributed by atoms with Crippen molar-refractivity contribution < 1.29 is 5.11 Å². The first kappa shape index (κ1) is 11.7. The Kier molecular flexibility index (Phi) is 3.77. The van der Waals surface area contributed by atoms with Crippen LogP contribution in [-0.2, 0) is 13.0 Å². The van der Waals surface area contributed by atoms with Gasteiger partial charge in [-0.05, 0) is 37.6 Å². The normalized spacial score (nSPS) is 10.6. The summed E-state index contributed by atoms with van der Waals surface area (Å²) in [7, 11) is 0. The van der Waals surface area contributed by atoms with Crippen LogP contribution in [0.25, 0.3) is 0 Å². The molecule has 17 heavy (non-hydrogen) atoms. The highest BCUT2D eigenvalue weighted by molar-refractivity contribution is 5.26. The van der Waals surface area contributed by atoms with Crippen LogP contribution in [0.3, 0.4) is 0 Å². The minimum absolute atomic E-state index is 0.315. The Morgan fingerprint density at radius 1 is 1.29 bits per heavy atom. The number of benzene rings is 1. The number of phenolic OH excluding ortho intramolecular Hbond substituents is 1. The van der Waals surface area contributed by atoms with Crippen molar-refractivity contribution in [3.8, 4) is 5.75 Å². The number of aryl methyl sites for hydroxylation is 1. The van der Waals surface area contributed by atoms with Gasteiger partial charge in [0.25, 0.3) is 0 Å². The number of aromatic amines is 1. The third-order valence-corrected chi connectivity index (χ3v) is 2.78. The molecule has 0 spiro atoms. The summed E-state index contributed by atoms with van der Waals surface area (Å²) in [6.45, 7) is 3.76. The van der Waals surface area contributed by atoms with E-state index >= 15 is 0 Å². The molecule has 2 aromatic rings. The van der Waals surface area contributed by atoms with Gasteiger partial charge in [-0.2, -0.15) is 5.10 Å². The van der Waals surface area contributed by atoms with Gasteiger partial charge in [0.2, 0.25) is 0 Å². The lowest BCUT2D eigenvalue weighted by Gasteiger charge is -2.04. The predicted octanol–water partition coefficient (Wildman–Crippen LogP) is 1.76. The molecule has 0 aliphatic heterocycles.